The summed E-state index contributed by atoms with van der Waals surface area (Å²) in [5.74, 6) is -5.06. The zero-order valence-electron chi connectivity index (χ0n) is 36.1. The molecule has 1 saturated carbocycles. The van der Waals surface area contributed by atoms with E-state index in [9.17, 15) is 48.7 Å². The molecule has 0 aromatic rings. The van der Waals surface area contributed by atoms with Crippen LogP contribution < -0.4 is 32.7 Å². The molecule has 3 saturated heterocycles. The Balaban J connectivity index is 1.42. The van der Waals surface area contributed by atoms with Crippen molar-refractivity contribution in [2.45, 2.75) is 154 Å². The SMILES string of the molecule is CC(C)C[C@H](NC(=O)[C@@H]1CCCN1C(=O)[C@@H]1CCCN1C(=O)[C@H](CC(C)C)NC(=O)[C@H](C)NC(=O)[C@H](CCCN=C(N)N)NC(=O)C1(C#N)CC1)C(=O)N1CCC[C@H]1C(=O)O. The number of nitrogens with two attached hydrogens (primary N) is 2. The monoisotopic (exact) mass is 855 g/mol. The van der Waals surface area contributed by atoms with Gasteiger partial charge in [-0.05, 0) is 95.8 Å². The van der Waals surface area contributed by atoms with E-state index in [2.05, 4.69) is 26.3 Å². The van der Waals surface area contributed by atoms with Crippen LogP contribution in [0, 0.1) is 28.6 Å². The number of carbonyl (C=O) groups excluding carboxylic acids is 7. The summed E-state index contributed by atoms with van der Waals surface area (Å²) in [5, 5.41) is 30.0. The number of hydrogen-bond acceptors (Lipinski definition) is 10. The molecule has 0 unspecified atom stereocenters. The molecule has 20 heteroatoms. The Kier molecular flexibility index (Phi) is 16.9. The van der Waals surface area contributed by atoms with Crippen molar-refractivity contribution in [3.05, 3.63) is 0 Å². The summed E-state index contributed by atoms with van der Waals surface area (Å²) >= 11 is 0. The van der Waals surface area contributed by atoms with Gasteiger partial charge in [0, 0.05) is 26.2 Å². The highest BCUT2D eigenvalue weighted by Crippen LogP contribution is 2.45. The first-order valence-electron chi connectivity index (χ1n) is 21.6. The number of nitrogens with zero attached hydrogens (tertiary/aromatic N) is 5. The zero-order chi connectivity index (χ0) is 45.2. The number of carboxylic acids is 1. The molecule has 4 fully saturated rings. The Morgan fingerprint density at radius 3 is 1.77 bits per heavy atom. The summed E-state index contributed by atoms with van der Waals surface area (Å²) < 4.78 is 0. The van der Waals surface area contributed by atoms with Crippen molar-refractivity contribution < 1.29 is 43.5 Å². The Bertz CT molecular complexity index is 1740. The smallest absolute Gasteiger partial charge is 0.326 e. The fourth-order valence-corrected chi connectivity index (χ4v) is 8.38. The number of nitriles is 1. The largest absolute Gasteiger partial charge is 0.480 e. The number of carboxylic acid groups (broad SMARTS) is 1. The first kappa shape index (κ1) is 48.2. The van der Waals surface area contributed by atoms with Crippen molar-refractivity contribution in [2.75, 3.05) is 26.2 Å². The second-order valence-electron chi connectivity index (χ2n) is 17.7. The summed E-state index contributed by atoms with van der Waals surface area (Å²) in [4.78, 5) is 116. The van der Waals surface area contributed by atoms with Crippen LogP contribution in [-0.4, -0.2) is 142 Å². The Morgan fingerprint density at radius 2 is 1.25 bits per heavy atom. The third kappa shape index (κ3) is 12.5. The molecule has 0 bridgehead atoms. The predicted octanol–water partition coefficient (Wildman–Crippen LogP) is -0.547. The Hall–Kier alpha value is -5.48. The third-order valence-corrected chi connectivity index (χ3v) is 11.8. The number of rotatable bonds is 20. The highest BCUT2D eigenvalue weighted by Gasteiger charge is 2.51. The lowest BCUT2D eigenvalue weighted by Gasteiger charge is -2.34. The number of guanidine groups is 1. The number of aliphatic imine (C=N–C) groups is 1. The van der Waals surface area contributed by atoms with E-state index in [1.54, 1.807) is 0 Å². The van der Waals surface area contributed by atoms with Gasteiger partial charge < -0.3 is 52.5 Å². The van der Waals surface area contributed by atoms with Gasteiger partial charge in [0.15, 0.2) is 5.96 Å². The van der Waals surface area contributed by atoms with Gasteiger partial charge in [-0.25, -0.2) is 4.79 Å². The number of amides is 7. The van der Waals surface area contributed by atoms with E-state index in [1.165, 1.54) is 21.6 Å². The van der Waals surface area contributed by atoms with Crippen molar-refractivity contribution in [1.82, 2.24) is 36.0 Å². The van der Waals surface area contributed by atoms with Crippen LogP contribution in [0.4, 0.5) is 0 Å². The maximum absolute atomic E-state index is 14.3. The van der Waals surface area contributed by atoms with Crippen molar-refractivity contribution in [3.63, 3.8) is 0 Å². The maximum Gasteiger partial charge on any atom is 0.326 e. The highest BCUT2D eigenvalue weighted by atomic mass is 16.4. The molecule has 4 rings (SSSR count). The second-order valence-corrected chi connectivity index (χ2v) is 17.7. The van der Waals surface area contributed by atoms with Gasteiger partial charge in [0.05, 0.1) is 6.07 Å². The van der Waals surface area contributed by atoms with E-state index in [4.69, 9.17) is 11.5 Å². The van der Waals surface area contributed by atoms with Gasteiger partial charge in [-0.1, -0.05) is 27.7 Å². The molecule has 4 aliphatic rings. The van der Waals surface area contributed by atoms with E-state index < -0.39 is 95.0 Å². The fraction of sp³-hybridized carbons (Fsp3) is 0.756. The van der Waals surface area contributed by atoms with Crippen LogP contribution in [0.2, 0.25) is 0 Å². The number of carbonyl (C=O) groups is 8. The van der Waals surface area contributed by atoms with Gasteiger partial charge in [-0.3, -0.25) is 38.6 Å². The minimum atomic E-state index is -1.19. The maximum atomic E-state index is 14.3. The molecule has 0 aromatic carbocycles. The quantitative estimate of drug-likeness (QED) is 0.0461. The topological polar surface area (TPSA) is 303 Å². The number of nitrogens with one attached hydrogen (secondary N) is 4. The van der Waals surface area contributed by atoms with Crippen LogP contribution in [0.25, 0.3) is 0 Å². The minimum absolute atomic E-state index is 0.000497. The molecule has 1 aliphatic carbocycles. The fourth-order valence-electron chi connectivity index (χ4n) is 8.38. The molecule has 3 aliphatic heterocycles. The molecule has 7 amide bonds. The summed E-state index contributed by atoms with van der Waals surface area (Å²) in [6, 6.07) is -5.03. The molecule has 0 radical (unpaired) electrons. The van der Waals surface area contributed by atoms with Crippen molar-refractivity contribution in [3.8, 4) is 6.07 Å². The lowest BCUT2D eigenvalue weighted by Crippen LogP contribution is -2.59. The van der Waals surface area contributed by atoms with Crippen LogP contribution >= 0.6 is 0 Å². The molecule has 7 atom stereocenters. The van der Waals surface area contributed by atoms with E-state index in [0.29, 0.717) is 57.8 Å². The summed E-state index contributed by atoms with van der Waals surface area (Å²) in [6.07, 6.45) is 4.27. The minimum Gasteiger partial charge on any atom is -0.480 e. The first-order valence-corrected chi connectivity index (χ1v) is 21.6. The third-order valence-electron chi connectivity index (χ3n) is 11.8. The van der Waals surface area contributed by atoms with Crippen LogP contribution in [-0.2, 0) is 38.4 Å². The van der Waals surface area contributed by atoms with Crippen LogP contribution in [0.15, 0.2) is 4.99 Å². The summed E-state index contributed by atoms with van der Waals surface area (Å²) in [5.41, 5.74) is 9.62. The van der Waals surface area contributed by atoms with E-state index >= 15 is 0 Å². The molecule has 20 nitrogen and oxygen atoms in total. The normalized spacial score (nSPS) is 22.4. The summed E-state index contributed by atoms with van der Waals surface area (Å²) in [6.45, 7) is 9.96. The van der Waals surface area contributed by atoms with Crippen LogP contribution in [0.3, 0.4) is 0 Å². The predicted molar refractivity (Wildman–Crippen MR) is 221 cm³/mol. The van der Waals surface area contributed by atoms with Crippen molar-refractivity contribution in [1.29, 1.82) is 5.26 Å². The molecular weight excluding hydrogens is 791 g/mol. The second kappa shape index (κ2) is 21.4. The standard InChI is InChI=1S/C41H65N11O9/c1-23(2)20-27(47-32(53)25(5)46-33(54)26(10-6-16-45-40(43)44)49-39(61)41(22-42)14-15-41)35(56)51-18-8-12-30(51)37(58)50-17-7-11-29(50)34(55)48-28(21-24(3)4)36(57)52-19-9-13-31(52)38(59)60/h23-31H,6-21H2,1-5H3,(H,46,54)(H,47,53)(H,48,55)(H,49,61)(H,59,60)(H4,43,44,45)/t25-,26-,27-,28-,29-,30-,31-/m0/s1. The first-order chi connectivity index (χ1) is 28.8. The van der Waals surface area contributed by atoms with E-state index in [0.717, 1.165) is 0 Å². The van der Waals surface area contributed by atoms with Crippen molar-refractivity contribution in [2.24, 2.45) is 33.7 Å². The summed E-state index contributed by atoms with van der Waals surface area (Å²) in [7, 11) is 0. The molecule has 3 heterocycles. The Labute approximate surface area is 357 Å². The van der Waals surface area contributed by atoms with Gasteiger partial charge in [0.25, 0.3) is 0 Å². The lowest BCUT2D eigenvalue weighted by molar-refractivity contribution is -0.150. The zero-order valence-corrected chi connectivity index (χ0v) is 36.1. The molecule has 338 valence electrons. The van der Waals surface area contributed by atoms with Crippen LogP contribution in [0.5, 0.6) is 0 Å². The van der Waals surface area contributed by atoms with Gasteiger partial charge in [0.2, 0.25) is 41.4 Å². The van der Waals surface area contributed by atoms with Gasteiger partial charge >= 0.3 is 5.97 Å². The molecule has 0 aromatic heterocycles. The molecule has 9 N–H and O–H groups in total. The van der Waals surface area contributed by atoms with E-state index in [1.807, 2.05) is 33.8 Å². The Morgan fingerprint density at radius 1 is 0.721 bits per heavy atom. The number of hydrogen-bond donors (Lipinski definition) is 7. The van der Waals surface area contributed by atoms with Crippen molar-refractivity contribution >= 4 is 53.3 Å². The highest BCUT2D eigenvalue weighted by molar-refractivity contribution is 5.98. The van der Waals surface area contributed by atoms with Gasteiger partial charge in [0.1, 0.15) is 47.7 Å². The van der Waals surface area contributed by atoms with E-state index in [-0.39, 0.29) is 63.2 Å². The molecule has 0 spiro atoms. The number of likely N-dealkylation sites (tertiary alicyclic amines) is 3. The molecular formula is C41H65N11O9. The average molecular weight is 856 g/mol. The molecule has 61 heavy (non-hydrogen) atoms. The van der Waals surface area contributed by atoms with Gasteiger partial charge in [-0.15, -0.1) is 0 Å². The number of aliphatic carboxylic acids is 1. The van der Waals surface area contributed by atoms with Crippen LogP contribution in [0.1, 0.15) is 112 Å². The van der Waals surface area contributed by atoms with Gasteiger partial charge in [-0.2, -0.15) is 5.26 Å². The average Bonchev–Trinajstić information content (AvgIpc) is 3.56. The lowest BCUT2D eigenvalue weighted by atomic mass is 10.0.